The molecule has 1 aromatic rings. The van der Waals surface area contributed by atoms with Crippen LogP contribution in [-0.2, 0) is 0 Å². The second-order valence-corrected chi connectivity index (χ2v) is 11.0. The first kappa shape index (κ1) is 25.2. The second-order valence-electron chi connectivity index (χ2n) is 11.0. The fourth-order valence-electron chi connectivity index (χ4n) is 6.81. The molecule has 4 fully saturated rings. The van der Waals surface area contributed by atoms with Crippen molar-refractivity contribution in [2.24, 2.45) is 17.6 Å². The third-order valence-electron chi connectivity index (χ3n) is 7.74. The minimum atomic E-state index is -0.983. The van der Waals surface area contributed by atoms with Crippen molar-refractivity contribution in [3.63, 3.8) is 0 Å². The zero-order chi connectivity index (χ0) is 23.0. The number of carboxylic acids is 1. The van der Waals surface area contributed by atoms with E-state index in [1.165, 1.54) is 103 Å². The number of carboxylic acid groups (broad SMARTS) is 1. The monoisotopic (exact) mass is 443 g/mol. The van der Waals surface area contributed by atoms with E-state index in [0.717, 1.165) is 17.5 Å². The SMILES string of the molecule is CCCCCCCCCCNC12CC3CC(CC(N)(C3)C1)C2.Cc1cccc(C(=O)O)n1. The lowest BCUT2D eigenvalue weighted by molar-refractivity contribution is -0.0355. The molecule has 5 nitrogen and oxygen atoms in total. The number of nitrogens with one attached hydrogen (secondary N) is 1. The van der Waals surface area contributed by atoms with Crippen LogP contribution < -0.4 is 11.1 Å². The smallest absolute Gasteiger partial charge is 0.354 e. The average Bonchev–Trinajstić information content (AvgIpc) is 2.71. The lowest BCUT2D eigenvalue weighted by Gasteiger charge is -2.61. The van der Waals surface area contributed by atoms with Crippen molar-refractivity contribution >= 4 is 5.97 Å². The van der Waals surface area contributed by atoms with Crippen LogP contribution in [0.15, 0.2) is 18.2 Å². The van der Waals surface area contributed by atoms with Gasteiger partial charge in [-0.3, -0.25) is 0 Å². The molecule has 5 heteroatoms. The zero-order valence-corrected chi connectivity index (χ0v) is 20.4. The largest absolute Gasteiger partial charge is 0.477 e. The van der Waals surface area contributed by atoms with Gasteiger partial charge in [-0.2, -0.15) is 0 Å². The molecule has 2 unspecified atom stereocenters. The summed E-state index contributed by atoms with van der Waals surface area (Å²) in [6, 6.07) is 4.90. The van der Waals surface area contributed by atoms with E-state index in [1.54, 1.807) is 19.1 Å². The van der Waals surface area contributed by atoms with Gasteiger partial charge in [0, 0.05) is 16.8 Å². The summed E-state index contributed by atoms with van der Waals surface area (Å²) in [7, 11) is 0. The lowest BCUT2D eigenvalue weighted by Crippen LogP contribution is -2.67. The number of hydrogen-bond acceptors (Lipinski definition) is 4. The van der Waals surface area contributed by atoms with Crippen molar-refractivity contribution in [1.29, 1.82) is 0 Å². The molecule has 1 aromatic heterocycles. The van der Waals surface area contributed by atoms with Crippen LogP contribution in [0.4, 0.5) is 0 Å². The molecule has 4 N–H and O–H groups in total. The maximum absolute atomic E-state index is 10.3. The van der Waals surface area contributed by atoms with Crippen LogP contribution in [0.25, 0.3) is 0 Å². The third kappa shape index (κ3) is 7.28. The van der Waals surface area contributed by atoms with Gasteiger partial charge in [-0.1, -0.05) is 57.9 Å². The highest BCUT2D eigenvalue weighted by molar-refractivity contribution is 5.85. The maximum atomic E-state index is 10.3. The predicted octanol–water partition coefficient (Wildman–Crippen LogP) is 5.86. The van der Waals surface area contributed by atoms with Gasteiger partial charge in [-0.05, 0) is 82.4 Å². The highest BCUT2D eigenvalue weighted by Gasteiger charge is 2.55. The quantitative estimate of drug-likeness (QED) is 0.373. The van der Waals surface area contributed by atoms with Crippen LogP contribution in [0, 0.1) is 18.8 Å². The van der Waals surface area contributed by atoms with Gasteiger partial charge in [0.05, 0.1) is 0 Å². The van der Waals surface area contributed by atoms with Gasteiger partial charge in [-0.25, -0.2) is 9.78 Å². The molecule has 5 rings (SSSR count). The first-order valence-corrected chi connectivity index (χ1v) is 13.0. The summed E-state index contributed by atoms with van der Waals surface area (Å²) in [6.45, 7) is 5.28. The number of hydrogen-bond donors (Lipinski definition) is 3. The summed E-state index contributed by atoms with van der Waals surface area (Å²) in [5.41, 5.74) is 8.12. The Morgan fingerprint density at radius 1 is 1.06 bits per heavy atom. The van der Waals surface area contributed by atoms with Gasteiger partial charge in [0.25, 0.3) is 0 Å². The van der Waals surface area contributed by atoms with Gasteiger partial charge in [0.1, 0.15) is 5.69 Å². The van der Waals surface area contributed by atoms with E-state index < -0.39 is 5.97 Å². The summed E-state index contributed by atoms with van der Waals surface area (Å²) in [6.07, 6.45) is 19.5. The molecule has 4 saturated carbocycles. The van der Waals surface area contributed by atoms with Gasteiger partial charge >= 0.3 is 5.97 Å². The van der Waals surface area contributed by atoms with Gasteiger partial charge in [-0.15, -0.1) is 0 Å². The molecule has 0 amide bonds. The lowest BCUT2D eigenvalue weighted by atomic mass is 9.50. The summed E-state index contributed by atoms with van der Waals surface area (Å²) in [5.74, 6) is 0.873. The summed E-state index contributed by atoms with van der Waals surface area (Å²) in [4.78, 5) is 14.1. The molecule has 0 aliphatic heterocycles. The molecular weight excluding hydrogens is 398 g/mol. The molecule has 2 atom stereocenters. The molecule has 32 heavy (non-hydrogen) atoms. The van der Waals surface area contributed by atoms with Crippen LogP contribution in [0.2, 0.25) is 0 Å². The zero-order valence-electron chi connectivity index (χ0n) is 20.4. The van der Waals surface area contributed by atoms with Crippen molar-refractivity contribution in [3.05, 3.63) is 29.6 Å². The van der Waals surface area contributed by atoms with Crippen LogP contribution in [0.3, 0.4) is 0 Å². The minimum Gasteiger partial charge on any atom is -0.477 e. The Morgan fingerprint density at radius 2 is 1.69 bits per heavy atom. The van der Waals surface area contributed by atoms with Gasteiger partial charge in [0.15, 0.2) is 0 Å². The number of nitrogens with zero attached hydrogens (tertiary/aromatic N) is 1. The number of rotatable bonds is 11. The average molecular weight is 444 g/mol. The number of aromatic carboxylic acids is 1. The molecule has 0 spiro atoms. The molecule has 0 radical (unpaired) electrons. The van der Waals surface area contributed by atoms with Gasteiger partial charge in [0.2, 0.25) is 0 Å². The van der Waals surface area contributed by atoms with E-state index in [4.69, 9.17) is 10.8 Å². The van der Waals surface area contributed by atoms with E-state index in [1.807, 2.05) is 0 Å². The van der Waals surface area contributed by atoms with Crippen molar-refractivity contribution < 1.29 is 9.90 Å². The Balaban J connectivity index is 0.000000243. The van der Waals surface area contributed by atoms with Crippen molar-refractivity contribution in [3.8, 4) is 0 Å². The summed E-state index contributed by atoms with van der Waals surface area (Å²) >= 11 is 0. The molecule has 1 heterocycles. The Morgan fingerprint density at radius 3 is 2.22 bits per heavy atom. The van der Waals surface area contributed by atoms with Crippen molar-refractivity contribution in [2.45, 2.75) is 115 Å². The fraction of sp³-hybridized carbons (Fsp3) is 0.778. The van der Waals surface area contributed by atoms with Gasteiger partial charge < -0.3 is 16.2 Å². The Bertz CT molecular complexity index is 721. The van der Waals surface area contributed by atoms with Crippen LogP contribution >= 0.6 is 0 Å². The number of nitrogens with two attached hydrogens (primary N) is 1. The number of aryl methyl sites for hydroxylation is 1. The van der Waals surface area contributed by atoms with Crippen molar-refractivity contribution in [1.82, 2.24) is 10.3 Å². The summed E-state index contributed by atoms with van der Waals surface area (Å²) < 4.78 is 0. The molecule has 4 aliphatic carbocycles. The molecule has 0 aromatic carbocycles. The van der Waals surface area contributed by atoms with E-state index in [9.17, 15) is 4.79 Å². The Labute approximate surface area is 195 Å². The van der Waals surface area contributed by atoms with Crippen LogP contribution in [0.5, 0.6) is 0 Å². The van der Waals surface area contributed by atoms with E-state index in [2.05, 4.69) is 17.2 Å². The fourth-order valence-corrected chi connectivity index (χ4v) is 6.81. The highest BCUT2D eigenvalue weighted by atomic mass is 16.4. The second kappa shape index (κ2) is 11.6. The molecule has 180 valence electrons. The Hall–Kier alpha value is -1.46. The highest BCUT2D eigenvalue weighted by Crippen LogP contribution is 2.56. The number of pyridine rings is 1. The van der Waals surface area contributed by atoms with Crippen LogP contribution in [0.1, 0.15) is 113 Å². The molecular formula is C27H45N3O2. The number of aromatic nitrogens is 1. The first-order chi connectivity index (χ1) is 15.3. The molecule has 4 aliphatic rings. The topological polar surface area (TPSA) is 88.2 Å². The molecule has 0 saturated heterocycles. The number of unbranched alkanes of at least 4 members (excludes halogenated alkanes) is 7. The normalized spacial score (nSPS) is 30.1. The number of carbonyl (C=O) groups is 1. The van der Waals surface area contributed by atoms with E-state index in [0.29, 0.717) is 5.54 Å². The standard InChI is InChI=1S/C20H38N2.C7H7NO2/c1-2-3-4-5-6-7-8-9-10-22-20-14-17-11-18(15-20)13-19(21,12-17)16-20;1-5-3-2-4-6(8-5)7(9)10/h17-18,22H,2-16,21H2,1H3;2-4H,1H3,(H,9,10). The molecule has 4 bridgehead atoms. The van der Waals surface area contributed by atoms with Crippen molar-refractivity contribution in [2.75, 3.05) is 6.54 Å². The predicted molar refractivity (Wildman–Crippen MR) is 131 cm³/mol. The van der Waals surface area contributed by atoms with E-state index >= 15 is 0 Å². The first-order valence-electron chi connectivity index (χ1n) is 13.0. The minimum absolute atomic E-state index is 0.0972. The maximum Gasteiger partial charge on any atom is 0.354 e. The van der Waals surface area contributed by atoms with Crippen LogP contribution in [-0.4, -0.2) is 33.7 Å². The third-order valence-corrected chi connectivity index (χ3v) is 7.74. The van der Waals surface area contributed by atoms with E-state index in [-0.39, 0.29) is 11.2 Å². The Kier molecular flexibility index (Phi) is 9.13. The summed E-state index contributed by atoms with van der Waals surface area (Å²) in [5, 5.41) is 12.4.